The highest BCUT2D eigenvalue weighted by Crippen LogP contribution is 2.29. The Labute approximate surface area is 151 Å². The van der Waals surface area contributed by atoms with Gasteiger partial charge in [0, 0.05) is 5.25 Å². The van der Waals surface area contributed by atoms with E-state index in [9.17, 15) is 9.59 Å². The second-order valence-electron chi connectivity index (χ2n) is 6.07. The Hall–Kier alpha value is -2.21. The van der Waals surface area contributed by atoms with Gasteiger partial charge in [-0.1, -0.05) is 25.0 Å². The minimum Gasteiger partial charge on any atom is -0.467 e. The molecule has 2 N–H and O–H groups in total. The third-order valence-corrected chi connectivity index (χ3v) is 5.57. The van der Waals surface area contributed by atoms with Crippen LogP contribution in [0.4, 0.5) is 5.69 Å². The third-order valence-electron chi connectivity index (χ3n) is 4.20. The molecule has 0 atom stereocenters. The molecule has 0 radical (unpaired) electrons. The molecular weight excluding hydrogens is 336 g/mol. The number of amides is 2. The van der Waals surface area contributed by atoms with Gasteiger partial charge >= 0.3 is 0 Å². The van der Waals surface area contributed by atoms with E-state index in [1.165, 1.54) is 25.7 Å². The zero-order valence-electron chi connectivity index (χ0n) is 14.0. The first kappa shape index (κ1) is 17.6. The van der Waals surface area contributed by atoms with Gasteiger partial charge in [-0.05, 0) is 37.1 Å². The van der Waals surface area contributed by atoms with Crippen LogP contribution in [0.3, 0.4) is 0 Å². The summed E-state index contributed by atoms with van der Waals surface area (Å²) in [5.41, 5.74) is 0.990. The summed E-state index contributed by atoms with van der Waals surface area (Å²) >= 11 is 1.71. The predicted octanol–water partition coefficient (Wildman–Crippen LogP) is 3.82. The molecule has 6 heteroatoms. The van der Waals surface area contributed by atoms with Crippen LogP contribution in [-0.4, -0.2) is 22.8 Å². The van der Waals surface area contributed by atoms with E-state index in [0.29, 0.717) is 34.6 Å². The average Bonchev–Trinajstić information content (AvgIpc) is 3.32. The number of thioether (sulfide) groups is 1. The van der Waals surface area contributed by atoms with Crippen molar-refractivity contribution < 1.29 is 14.0 Å². The van der Waals surface area contributed by atoms with Crippen LogP contribution in [0.2, 0.25) is 0 Å². The number of rotatable bonds is 7. The fourth-order valence-electron chi connectivity index (χ4n) is 2.90. The maximum Gasteiger partial charge on any atom is 0.253 e. The lowest BCUT2D eigenvalue weighted by Gasteiger charge is -2.12. The Morgan fingerprint density at radius 2 is 1.92 bits per heavy atom. The Bertz CT molecular complexity index is 709. The number of anilines is 1. The number of nitrogens with one attached hydrogen (secondary N) is 2. The van der Waals surface area contributed by atoms with Crippen molar-refractivity contribution in [1.82, 2.24) is 5.32 Å². The van der Waals surface area contributed by atoms with Gasteiger partial charge in [0.25, 0.3) is 5.91 Å². The topological polar surface area (TPSA) is 71.3 Å². The van der Waals surface area contributed by atoms with E-state index in [2.05, 4.69) is 10.6 Å². The SMILES string of the molecule is O=C(CSC1CCCC1)Nc1ccccc1C(=O)NCc1ccco1. The molecular formula is C19H22N2O3S. The van der Waals surface area contributed by atoms with Gasteiger partial charge in [0.15, 0.2) is 0 Å². The second-order valence-corrected chi connectivity index (χ2v) is 7.36. The van der Waals surface area contributed by atoms with Crippen LogP contribution in [0, 0.1) is 0 Å². The van der Waals surface area contributed by atoms with Gasteiger partial charge in [-0.15, -0.1) is 11.8 Å². The van der Waals surface area contributed by atoms with Gasteiger partial charge in [0.05, 0.1) is 29.8 Å². The molecule has 1 aliphatic rings. The fraction of sp³-hybridized carbons (Fsp3) is 0.368. The molecule has 2 amide bonds. The molecule has 3 rings (SSSR count). The van der Waals surface area contributed by atoms with Crippen LogP contribution in [0.25, 0.3) is 0 Å². The third kappa shape index (κ3) is 5.13. The molecule has 25 heavy (non-hydrogen) atoms. The summed E-state index contributed by atoms with van der Waals surface area (Å²) in [6.45, 7) is 0.311. The lowest BCUT2D eigenvalue weighted by atomic mass is 10.1. The minimum atomic E-state index is -0.240. The highest BCUT2D eigenvalue weighted by molar-refractivity contribution is 8.00. The predicted molar refractivity (Wildman–Crippen MR) is 99.7 cm³/mol. The van der Waals surface area contributed by atoms with Crippen LogP contribution in [0.15, 0.2) is 47.1 Å². The lowest BCUT2D eigenvalue weighted by molar-refractivity contribution is -0.113. The summed E-state index contributed by atoms with van der Waals surface area (Å²) in [7, 11) is 0. The first-order valence-electron chi connectivity index (χ1n) is 8.53. The van der Waals surface area contributed by atoms with Crippen molar-refractivity contribution in [2.45, 2.75) is 37.5 Å². The number of hydrogen-bond acceptors (Lipinski definition) is 4. The van der Waals surface area contributed by atoms with E-state index in [0.717, 1.165) is 0 Å². The molecule has 1 heterocycles. The van der Waals surface area contributed by atoms with E-state index < -0.39 is 0 Å². The maximum atomic E-state index is 12.4. The summed E-state index contributed by atoms with van der Waals surface area (Å²) < 4.78 is 5.21. The molecule has 0 saturated heterocycles. The Kier molecular flexibility index (Phi) is 6.17. The maximum absolute atomic E-state index is 12.4. The smallest absolute Gasteiger partial charge is 0.253 e. The molecule has 1 saturated carbocycles. The van der Waals surface area contributed by atoms with Gasteiger partial charge in [0.1, 0.15) is 5.76 Å². The summed E-state index contributed by atoms with van der Waals surface area (Å²) in [6.07, 6.45) is 6.49. The first-order chi connectivity index (χ1) is 12.2. The number of para-hydroxylation sites is 1. The Morgan fingerprint density at radius 3 is 2.68 bits per heavy atom. The van der Waals surface area contributed by atoms with Crippen LogP contribution >= 0.6 is 11.8 Å². The number of furan rings is 1. The lowest BCUT2D eigenvalue weighted by Crippen LogP contribution is -2.25. The minimum absolute atomic E-state index is 0.0665. The van der Waals surface area contributed by atoms with Crippen LogP contribution < -0.4 is 10.6 Å². The van der Waals surface area contributed by atoms with Crippen molar-refractivity contribution >= 4 is 29.3 Å². The quantitative estimate of drug-likeness (QED) is 0.789. The highest BCUT2D eigenvalue weighted by atomic mass is 32.2. The molecule has 0 aliphatic heterocycles. The molecule has 1 aromatic carbocycles. The van der Waals surface area contributed by atoms with Crippen LogP contribution in [0.5, 0.6) is 0 Å². The molecule has 132 valence electrons. The van der Waals surface area contributed by atoms with Crippen molar-refractivity contribution in [2.75, 3.05) is 11.1 Å². The van der Waals surface area contributed by atoms with Gasteiger partial charge in [-0.3, -0.25) is 9.59 Å². The normalized spacial score (nSPS) is 14.4. The molecule has 1 fully saturated rings. The second kappa shape index (κ2) is 8.76. The number of carbonyl (C=O) groups excluding carboxylic acids is 2. The van der Waals surface area contributed by atoms with Crippen LogP contribution in [0.1, 0.15) is 41.8 Å². The average molecular weight is 358 g/mol. The number of hydrogen-bond donors (Lipinski definition) is 2. The molecule has 1 aliphatic carbocycles. The van der Waals surface area contributed by atoms with Crippen molar-refractivity contribution in [3.8, 4) is 0 Å². The van der Waals surface area contributed by atoms with E-state index in [-0.39, 0.29) is 11.8 Å². The highest BCUT2D eigenvalue weighted by Gasteiger charge is 2.18. The van der Waals surface area contributed by atoms with Gasteiger partial charge in [-0.2, -0.15) is 0 Å². The number of benzene rings is 1. The summed E-state index contributed by atoms with van der Waals surface area (Å²) in [4.78, 5) is 24.6. The zero-order valence-corrected chi connectivity index (χ0v) is 14.8. The first-order valence-corrected chi connectivity index (χ1v) is 9.58. The van der Waals surface area contributed by atoms with E-state index in [1.54, 1.807) is 48.4 Å². The van der Waals surface area contributed by atoms with Crippen molar-refractivity contribution in [3.05, 3.63) is 54.0 Å². The molecule has 0 spiro atoms. The van der Waals surface area contributed by atoms with Crippen molar-refractivity contribution in [3.63, 3.8) is 0 Å². The Morgan fingerprint density at radius 1 is 1.12 bits per heavy atom. The molecule has 2 aromatic rings. The van der Waals surface area contributed by atoms with Crippen molar-refractivity contribution in [2.24, 2.45) is 0 Å². The Balaban J connectivity index is 1.55. The fourth-order valence-corrected chi connectivity index (χ4v) is 4.03. The van der Waals surface area contributed by atoms with E-state index in [4.69, 9.17) is 4.42 Å². The van der Waals surface area contributed by atoms with Gasteiger partial charge in [-0.25, -0.2) is 0 Å². The van der Waals surface area contributed by atoms with Crippen LogP contribution in [-0.2, 0) is 11.3 Å². The summed E-state index contributed by atoms with van der Waals surface area (Å²) in [6, 6.07) is 10.6. The molecule has 0 bridgehead atoms. The largest absolute Gasteiger partial charge is 0.467 e. The van der Waals surface area contributed by atoms with Gasteiger partial charge < -0.3 is 15.1 Å². The summed E-state index contributed by atoms with van der Waals surface area (Å²) in [5, 5.41) is 6.26. The molecule has 5 nitrogen and oxygen atoms in total. The van der Waals surface area contributed by atoms with Gasteiger partial charge in [0.2, 0.25) is 5.91 Å². The van der Waals surface area contributed by atoms with Crippen molar-refractivity contribution in [1.29, 1.82) is 0 Å². The molecule has 0 unspecified atom stereocenters. The number of carbonyl (C=O) groups is 2. The van der Waals surface area contributed by atoms with E-state index in [1.807, 2.05) is 6.07 Å². The monoisotopic (exact) mass is 358 g/mol. The van der Waals surface area contributed by atoms with E-state index >= 15 is 0 Å². The zero-order chi connectivity index (χ0) is 17.5. The molecule has 1 aromatic heterocycles. The summed E-state index contributed by atoms with van der Waals surface area (Å²) in [5.74, 6) is 0.800. The standard InChI is InChI=1S/C19H22N2O3S/c22-18(13-25-15-7-1-2-8-15)21-17-10-4-3-9-16(17)19(23)20-12-14-6-5-11-24-14/h3-6,9-11,15H,1-2,7-8,12-13H2,(H,20,23)(H,21,22).